The Kier molecular flexibility index (Phi) is 14.3. The van der Waals surface area contributed by atoms with Crippen LogP contribution >= 0.6 is 0 Å². The largest absolute Gasteiger partial charge is 0.491 e. The van der Waals surface area contributed by atoms with Gasteiger partial charge in [-0.1, -0.05) is 94.2 Å². The van der Waals surface area contributed by atoms with Crippen molar-refractivity contribution in [1.29, 1.82) is 0 Å². The molecule has 0 saturated heterocycles. The molecule has 3 saturated carbocycles. The quantitative estimate of drug-likeness (QED) is 0.0982. The molecule has 3 fully saturated rings. The molecule has 0 heterocycles. The van der Waals surface area contributed by atoms with Crippen molar-refractivity contribution in [3.8, 4) is 17.2 Å². The summed E-state index contributed by atoms with van der Waals surface area (Å²) in [6.07, 6.45) is 19.9. The highest BCUT2D eigenvalue weighted by Crippen LogP contribution is 2.40. The Morgan fingerprint density at radius 3 is 0.900 bits per heavy atom. The summed E-state index contributed by atoms with van der Waals surface area (Å²) >= 11 is 0. The number of ether oxygens (including phenoxy) is 6. The summed E-state index contributed by atoms with van der Waals surface area (Å²) in [5, 5.41) is 0. The summed E-state index contributed by atoms with van der Waals surface area (Å²) in [6.45, 7) is 5.88. The van der Waals surface area contributed by atoms with Gasteiger partial charge in [0.15, 0.2) is 0 Å². The predicted molar refractivity (Wildman–Crippen MR) is 200 cm³/mol. The molecule has 0 unspecified atom stereocenters. The maximum Gasteiger partial charge on any atom is 0.119 e. The summed E-state index contributed by atoms with van der Waals surface area (Å²) in [5.74, 6) is 2.59. The second-order valence-electron chi connectivity index (χ2n) is 14.6. The van der Waals surface area contributed by atoms with E-state index in [2.05, 4.69) is 79.7 Å². The van der Waals surface area contributed by atoms with Gasteiger partial charge in [-0.25, -0.2) is 0 Å². The van der Waals surface area contributed by atoms with Gasteiger partial charge >= 0.3 is 0 Å². The molecule has 0 amide bonds. The third-order valence-corrected chi connectivity index (χ3v) is 11.1. The van der Waals surface area contributed by atoms with Gasteiger partial charge in [0.05, 0.1) is 38.1 Å². The van der Waals surface area contributed by atoms with Crippen LogP contribution in [0, 0.1) is 0 Å². The molecular formula is C44H60O6. The smallest absolute Gasteiger partial charge is 0.119 e. The van der Waals surface area contributed by atoms with Gasteiger partial charge in [0, 0.05) is 5.41 Å². The van der Waals surface area contributed by atoms with E-state index in [1.807, 2.05) is 0 Å². The van der Waals surface area contributed by atoms with Crippen molar-refractivity contribution in [2.75, 3.05) is 39.6 Å². The van der Waals surface area contributed by atoms with E-state index in [9.17, 15) is 0 Å². The van der Waals surface area contributed by atoms with Crippen molar-refractivity contribution in [2.45, 2.75) is 127 Å². The Morgan fingerprint density at radius 2 is 0.640 bits per heavy atom. The zero-order valence-corrected chi connectivity index (χ0v) is 30.5. The van der Waals surface area contributed by atoms with E-state index < -0.39 is 5.41 Å². The molecule has 3 aromatic rings. The summed E-state index contributed by atoms with van der Waals surface area (Å²) in [5.41, 5.74) is 3.15. The van der Waals surface area contributed by atoms with E-state index >= 15 is 0 Å². The van der Waals surface area contributed by atoms with Gasteiger partial charge in [-0.15, -0.1) is 0 Å². The van der Waals surface area contributed by atoms with Gasteiger partial charge in [-0.2, -0.15) is 0 Å². The van der Waals surface area contributed by atoms with Crippen LogP contribution in [0.15, 0.2) is 72.8 Å². The van der Waals surface area contributed by atoms with E-state index in [0.29, 0.717) is 58.0 Å². The molecule has 0 radical (unpaired) electrons. The van der Waals surface area contributed by atoms with Crippen LogP contribution in [0.3, 0.4) is 0 Å². The van der Waals surface area contributed by atoms with Crippen molar-refractivity contribution in [2.24, 2.45) is 0 Å². The fourth-order valence-electron chi connectivity index (χ4n) is 7.97. The Morgan fingerprint density at radius 1 is 0.380 bits per heavy atom. The normalized spacial score (nSPS) is 18.2. The Labute approximate surface area is 301 Å². The topological polar surface area (TPSA) is 55.4 Å². The number of benzene rings is 3. The van der Waals surface area contributed by atoms with Crippen molar-refractivity contribution >= 4 is 0 Å². The van der Waals surface area contributed by atoms with E-state index in [1.165, 1.54) is 113 Å². The van der Waals surface area contributed by atoms with Gasteiger partial charge < -0.3 is 28.4 Å². The molecule has 3 aliphatic rings. The van der Waals surface area contributed by atoms with E-state index in [0.717, 1.165) is 17.2 Å². The maximum absolute atomic E-state index is 6.10. The minimum atomic E-state index is -0.409. The number of hydrogen-bond acceptors (Lipinski definition) is 6. The van der Waals surface area contributed by atoms with Crippen LogP contribution in [0.5, 0.6) is 17.2 Å². The molecule has 6 nitrogen and oxygen atoms in total. The SMILES string of the molecule is CC(c1ccc(OCCOC2CCCCC2)cc1)(c1ccc(OCCOC2CCCCC2)cc1)c1ccc(OCCOC2CCCCC2)cc1. The molecule has 50 heavy (non-hydrogen) atoms. The Hall–Kier alpha value is -3.06. The number of hydrogen-bond donors (Lipinski definition) is 0. The molecular weight excluding hydrogens is 624 g/mol. The van der Waals surface area contributed by atoms with Gasteiger partial charge in [0.2, 0.25) is 0 Å². The maximum atomic E-state index is 6.10. The van der Waals surface area contributed by atoms with E-state index in [4.69, 9.17) is 28.4 Å². The van der Waals surface area contributed by atoms with Crippen molar-refractivity contribution in [3.63, 3.8) is 0 Å². The average Bonchev–Trinajstić information content (AvgIpc) is 3.18. The molecule has 0 atom stereocenters. The highest BCUT2D eigenvalue weighted by molar-refractivity contribution is 5.52. The lowest BCUT2D eigenvalue weighted by atomic mass is 9.71. The molecule has 0 aliphatic heterocycles. The first kappa shape index (κ1) is 36.7. The van der Waals surface area contributed by atoms with Crippen LogP contribution < -0.4 is 14.2 Å². The highest BCUT2D eigenvalue weighted by Gasteiger charge is 2.31. The van der Waals surface area contributed by atoms with Gasteiger partial charge in [0.25, 0.3) is 0 Å². The van der Waals surface area contributed by atoms with Crippen LogP contribution in [0.1, 0.15) is 120 Å². The minimum Gasteiger partial charge on any atom is -0.491 e. The molecule has 3 aliphatic carbocycles. The monoisotopic (exact) mass is 684 g/mol. The van der Waals surface area contributed by atoms with Crippen molar-refractivity contribution in [1.82, 2.24) is 0 Å². The van der Waals surface area contributed by atoms with Crippen molar-refractivity contribution < 1.29 is 28.4 Å². The van der Waals surface area contributed by atoms with Crippen LogP contribution in [-0.4, -0.2) is 58.0 Å². The lowest BCUT2D eigenvalue weighted by Crippen LogP contribution is -2.25. The first-order chi connectivity index (χ1) is 24.7. The predicted octanol–water partition coefficient (Wildman–Crippen LogP) is 10.2. The van der Waals surface area contributed by atoms with Gasteiger partial charge in [-0.05, 0) is 98.5 Å². The van der Waals surface area contributed by atoms with Crippen LogP contribution in [0.2, 0.25) is 0 Å². The number of rotatable bonds is 18. The molecule has 272 valence electrons. The zero-order chi connectivity index (χ0) is 34.3. The summed E-state index contributed by atoms with van der Waals surface area (Å²) < 4.78 is 36.5. The molecule has 0 bridgehead atoms. The standard InChI is InChI=1S/C44H60O6/c1-44(35-17-23-41(24-18-35)48-32-29-45-38-11-5-2-6-12-38,36-19-25-42(26-20-36)49-33-30-46-39-13-7-3-8-14-39)37-21-27-43(28-22-37)50-34-31-47-40-15-9-4-10-16-40/h17-28,38-40H,2-16,29-34H2,1H3. The van der Waals surface area contributed by atoms with Crippen molar-refractivity contribution in [3.05, 3.63) is 89.5 Å². The third kappa shape index (κ3) is 10.7. The third-order valence-electron chi connectivity index (χ3n) is 11.1. The average molecular weight is 685 g/mol. The Balaban J connectivity index is 1.09. The zero-order valence-electron chi connectivity index (χ0n) is 30.5. The lowest BCUT2D eigenvalue weighted by molar-refractivity contribution is 0.0129. The van der Waals surface area contributed by atoms with E-state index in [-0.39, 0.29) is 0 Å². The fraction of sp³-hybridized carbons (Fsp3) is 0.591. The molecule has 3 aromatic carbocycles. The molecule has 6 rings (SSSR count). The molecule has 0 aromatic heterocycles. The summed E-state index contributed by atoms with van der Waals surface area (Å²) in [7, 11) is 0. The summed E-state index contributed by atoms with van der Waals surface area (Å²) in [4.78, 5) is 0. The van der Waals surface area contributed by atoms with Crippen LogP contribution in [-0.2, 0) is 19.6 Å². The van der Waals surface area contributed by atoms with Crippen LogP contribution in [0.25, 0.3) is 0 Å². The summed E-state index contributed by atoms with van der Waals surface area (Å²) in [6, 6.07) is 25.7. The van der Waals surface area contributed by atoms with Gasteiger partial charge in [0.1, 0.15) is 37.1 Å². The molecule has 6 heteroatoms. The minimum absolute atomic E-state index is 0.397. The van der Waals surface area contributed by atoms with E-state index in [1.54, 1.807) is 0 Å². The fourth-order valence-corrected chi connectivity index (χ4v) is 7.97. The van der Waals surface area contributed by atoms with Gasteiger partial charge in [-0.3, -0.25) is 0 Å². The lowest BCUT2D eigenvalue weighted by Gasteiger charge is -2.32. The molecule has 0 spiro atoms. The highest BCUT2D eigenvalue weighted by atomic mass is 16.5. The first-order valence-corrected chi connectivity index (χ1v) is 19.7. The van der Waals surface area contributed by atoms with Crippen LogP contribution in [0.4, 0.5) is 0 Å². The first-order valence-electron chi connectivity index (χ1n) is 19.7. The second kappa shape index (κ2) is 19.5. The Bertz CT molecular complexity index is 1190. The second-order valence-corrected chi connectivity index (χ2v) is 14.6. The molecule has 0 N–H and O–H groups in total.